The Morgan fingerprint density at radius 3 is 2.69 bits per heavy atom. The monoisotopic (exact) mass is 492 g/mol. The van der Waals surface area contributed by atoms with Gasteiger partial charge in [0.15, 0.2) is 5.82 Å². The third kappa shape index (κ3) is 5.04. The normalized spacial score (nSPS) is 19.0. The molecule has 2 aromatic carbocycles. The van der Waals surface area contributed by atoms with Gasteiger partial charge in [0.2, 0.25) is 5.91 Å². The van der Waals surface area contributed by atoms with Crippen LogP contribution in [0.2, 0.25) is 5.15 Å². The molecule has 5 rings (SSSR count). The zero-order valence-corrected chi connectivity index (χ0v) is 20.3. The van der Waals surface area contributed by atoms with Crippen LogP contribution in [0.4, 0.5) is 5.82 Å². The first-order valence-electron chi connectivity index (χ1n) is 12.1. The van der Waals surface area contributed by atoms with E-state index in [1.807, 2.05) is 36.4 Å². The smallest absolute Gasteiger partial charge is 0.223 e. The standard InChI is InChI=1S/C26H30ClN7O/c27-23-22(18-10-11-19-20(13-18)33-34-24(19)29)31-25(32-23)21(12-15-4-2-1-3-5-15)30-26(35)17-8-6-16(14-28)7-9-17/h1-5,10-11,13,16-17,21H,6-9,12,14,28H2,(H,30,35)(H,31,32)(H3,29,33,34)/p+1/t16?,17?,21-/m0/s1. The first kappa shape index (κ1) is 23.4. The molecule has 0 saturated heterocycles. The SMILES string of the molecule is Nc1n[nH]c2cc(-c3nc([C@H](Cc4ccccc4)NC(=O)C4CCC(C[NH3+])CC4)[nH]c3Cl)ccc12. The lowest BCUT2D eigenvalue weighted by molar-refractivity contribution is -0.380. The van der Waals surface area contributed by atoms with Crippen molar-refractivity contribution in [3.05, 3.63) is 65.1 Å². The predicted molar refractivity (Wildman–Crippen MR) is 137 cm³/mol. The Hall–Kier alpha value is -3.36. The second kappa shape index (κ2) is 10.1. The molecule has 35 heavy (non-hydrogen) atoms. The van der Waals surface area contributed by atoms with Gasteiger partial charge in [0.25, 0.3) is 0 Å². The van der Waals surface area contributed by atoms with E-state index < -0.39 is 0 Å². The summed E-state index contributed by atoms with van der Waals surface area (Å²) in [6, 6.07) is 15.5. The summed E-state index contributed by atoms with van der Waals surface area (Å²) in [6.45, 7) is 0.940. The molecule has 0 spiro atoms. The molecule has 2 aromatic heterocycles. The Morgan fingerprint density at radius 1 is 1.17 bits per heavy atom. The maximum Gasteiger partial charge on any atom is 0.223 e. The van der Waals surface area contributed by atoms with Crippen LogP contribution in [0.15, 0.2) is 48.5 Å². The van der Waals surface area contributed by atoms with Crippen molar-refractivity contribution in [1.82, 2.24) is 25.5 Å². The molecule has 0 aliphatic heterocycles. The number of nitrogens with zero attached hydrogens (tertiary/aromatic N) is 2. The van der Waals surface area contributed by atoms with E-state index in [2.05, 4.69) is 38.4 Å². The van der Waals surface area contributed by atoms with E-state index in [0.717, 1.165) is 54.3 Å². The number of nitrogen functional groups attached to an aromatic ring is 1. The summed E-state index contributed by atoms with van der Waals surface area (Å²) < 4.78 is 0. The summed E-state index contributed by atoms with van der Waals surface area (Å²) in [5.74, 6) is 1.83. The number of aromatic amines is 2. The van der Waals surface area contributed by atoms with Crippen LogP contribution in [-0.4, -0.2) is 32.6 Å². The number of fused-ring (bicyclic) bond motifs is 1. The van der Waals surface area contributed by atoms with Crippen molar-refractivity contribution in [3.63, 3.8) is 0 Å². The number of nitrogens with two attached hydrogens (primary N) is 1. The molecule has 8 N–H and O–H groups in total. The summed E-state index contributed by atoms with van der Waals surface area (Å²) in [7, 11) is 0. The Balaban J connectivity index is 1.41. The van der Waals surface area contributed by atoms with Crippen molar-refractivity contribution in [3.8, 4) is 11.3 Å². The van der Waals surface area contributed by atoms with Crippen LogP contribution < -0.4 is 16.8 Å². The molecule has 1 atom stereocenters. The van der Waals surface area contributed by atoms with Crippen molar-refractivity contribution in [1.29, 1.82) is 0 Å². The number of halogens is 1. The van der Waals surface area contributed by atoms with Gasteiger partial charge in [-0.05, 0) is 49.8 Å². The van der Waals surface area contributed by atoms with E-state index in [1.165, 1.54) is 0 Å². The fourth-order valence-electron chi connectivity index (χ4n) is 4.98. The summed E-state index contributed by atoms with van der Waals surface area (Å²) in [6.07, 6.45) is 4.54. The number of hydrogen-bond donors (Lipinski definition) is 5. The molecular weight excluding hydrogens is 462 g/mol. The average Bonchev–Trinajstić information content (AvgIpc) is 3.46. The van der Waals surface area contributed by atoms with Crippen LogP contribution in [0.5, 0.6) is 0 Å². The van der Waals surface area contributed by atoms with Gasteiger partial charge in [-0.1, -0.05) is 48.0 Å². The molecular formula is C26H31ClN7O+. The van der Waals surface area contributed by atoms with Crippen LogP contribution in [0.1, 0.15) is 43.1 Å². The van der Waals surface area contributed by atoms with Crippen LogP contribution >= 0.6 is 11.6 Å². The molecule has 1 aliphatic carbocycles. The Kier molecular flexibility index (Phi) is 6.74. The minimum atomic E-state index is -0.326. The Bertz CT molecular complexity index is 1310. The second-order valence-corrected chi connectivity index (χ2v) is 9.79. The third-order valence-corrected chi connectivity index (χ3v) is 7.37. The topological polar surface area (TPSA) is 140 Å². The van der Waals surface area contributed by atoms with Crippen LogP contribution in [-0.2, 0) is 11.2 Å². The maximum absolute atomic E-state index is 13.3. The minimum Gasteiger partial charge on any atom is -0.382 e. The van der Waals surface area contributed by atoms with E-state index in [9.17, 15) is 4.79 Å². The highest BCUT2D eigenvalue weighted by Gasteiger charge is 2.29. The lowest BCUT2D eigenvalue weighted by atomic mass is 9.81. The van der Waals surface area contributed by atoms with Crippen LogP contribution in [0.3, 0.4) is 0 Å². The van der Waals surface area contributed by atoms with Gasteiger partial charge >= 0.3 is 0 Å². The van der Waals surface area contributed by atoms with E-state index >= 15 is 0 Å². The zero-order chi connectivity index (χ0) is 24.4. The number of rotatable bonds is 7. The van der Waals surface area contributed by atoms with E-state index in [-0.39, 0.29) is 17.9 Å². The molecule has 8 nitrogen and oxygen atoms in total. The lowest BCUT2D eigenvalue weighted by Gasteiger charge is -2.27. The van der Waals surface area contributed by atoms with Crippen molar-refractivity contribution in [2.24, 2.45) is 11.8 Å². The summed E-state index contributed by atoms with van der Waals surface area (Å²) in [5.41, 5.74) is 13.3. The number of anilines is 1. The first-order valence-corrected chi connectivity index (χ1v) is 12.5. The summed E-state index contributed by atoms with van der Waals surface area (Å²) in [5, 5.41) is 11.5. The van der Waals surface area contributed by atoms with Crippen molar-refractivity contribution in [2.75, 3.05) is 12.3 Å². The molecule has 4 aromatic rings. The average molecular weight is 493 g/mol. The molecule has 1 aliphatic rings. The fourth-order valence-corrected chi connectivity index (χ4v) is 5.23. The molecule has 0 bridgehead atoms. The summed E-state index contributed by atoms with van der Waals surface area (Å²) in [4.78, 5) is 21.3. The van der Waals surface area contributed by atoms with Crippen molar-refractivity contribution < 1.29 is 10.5 Å². The number of H-pyrrole nitrogens is 2. The number of amides is 1. The first-order chi connectivity index (χ1) is 17.0. The third-order valence-electron chi connectivity index (χ3n) is 7.10. The van der Waals surface area contributed by atoms with Gasteiger partial charge in [-0.15, -0.1) is 0 Å². The van der Waals surface area contributed by atoms with E-state index in [0.29, 0.717) is 34.8 Å². The summed E-state index contributed by atoms with van der Waals surface area (Å²) >= 11 is 6.61. The van der Waals surface area contributed by atoms with Gasteiger partial charge in [0.1, 0.15) is 16.7 Å². The molecule has 182 valence electrons. The second-order valence-electron chi connectivity index (χ2n) is 9.41. The fraction of sp³-hybridized carbons (Fsp3) is 0.346. The highest BCUT2D eigenvalue weighted by molar-refractivity contribution is 6.32. The molecule has 1 fully saturated rings. The Morgan fingerprint density at radius 2 is 1.94 bits per heavy atom. The number of quaternary nitrogens is 1. The number of nitrogens with one attached hydrogen (secondary N) is 3. The maximum atomic E-state index is 13.3. The molecule has 9 heteroatoms. The molecule has 0 unspecified atom stereocenters. The zero-order valence-electron chi connectivity index (χ0n) is 19.6. The molecule has 1 saturated carbocycles. The van der Waals surface area contributed by atoms with Gasteiger partial charge in [-0.2, -0.15) is 5.10 Å². The van der Waals surface area contributed by atoms with Crippen LogP contribution in [0, 0.1) is 11.8 Å². The lowest BCUT2D eigenvalue weighted by Crippen LogP contribution is -2.54. The number of benzene rings is 2. The number of carbonyl (C=O) groups is 1. The van der Waals surface area contributed by atoms with Gasteiger partial charge in [-0.3, -0.25) is 9.89 Å². The Labute approximate surface area is 208 Å². The molecule has 0 radical (unpaired) electrons. The van der Waals surface area contributed by atoms with E-state index in [1.54, 1.807) is 0 Å². The quantitative estimate of drug-likeness (QED) is 0.268. The van der Waals surface area contributed by atoms with Crippen molar-refractivity contribution in [2.45, 2.75) is 38.1 Å². The number of aromatic nitrogens is 4. The van der Waals surface area contributed by atoms with Gasteiger partial charge in [-0.25, -0.2) is 4.98 Å². The number of carbonyl (C=O) groups excluding carboxylic acids is 1. The van der Waals surface area contributed by atoms with Crippen molar-refractivity contribution >= 4 is 34.2 Å². The highest BCUT2D eigenvalue weighted by atomic mass is 35.5. The largest absolute Gasteiger partial charge is 0.382 e. The van der Waals surface area contributed by atoms with Gasteiger partial charge < -0.3 is 21.8 Å². The van der Waals surface area contributed by atoms with E-state index in [4.69, 9.17) is 22.3 Å². The number of hydrogen-bond acceptors (Lipinski definition) is 4. The molecule has 1 amide bonds. The van der Waals surface area contributed by atoms with Gasteiger partial charge in [0.05, 0.1) is 18.1 Å². The highest BCUT2D eigenvalue weighted by Crippen LogP contribution is 2.32. The molecule has 2 heterocycles. The number of imidazole rings is 1. The minimum absolute atomic E-state index is 0.0224. The van der Waals surface area contributed by atoms with Crippen LogP contribution in [0.25, 0.3) is 22.2 Å². The van der Waals surface area contributed by atoms with Gasteiger partial charge in [0, 0.05) is 22.8 Å². The predicted octanol–water partition coefficient (Wildman–Crippen LogP) is 3.64.